The Labute approximate surface area is 125 Å². The van der Waals surface area contributed by atoms with E-state index in [1.54, 1.807) is 28.6 Å². The zero-order chi connectivity index (χ0) is 15.3. The minimum Gasteiger partial charge on any atom is -0.481 e. The third kappa shape index (κ3) is 3.59. The quantitative estimate of drug-likeness (QED) is 0.818. The lowest BCUT2D eigenvalue weighted by atomic mass is 9.84. The minimum absolute atomic E-state index is 0.0461. The maximum atomic E-state index is 12.4. The van der Waals surface area contributed by atoms with Gasteiger partial charge in [0, 0.05) is 26.2 Å². The van der Waals surface area contributed by atoms with Crippen molar-refractivity contribution >= 4 is 23.8 Å². The van der Waals surface area contributed by atoms with Crippen LogP contribution >= 0.6 is 11.8 Å². The molecule has 0 aliphatic carbocycles. The second-order valence-electron chi connectivity index (χ2n) is 5.63. The summed E-state index contributed by atoms with van der Waals surface area (Å²) in [4.78, 5) is 27.3. The van der Waals surface area contributed by atoms with Crippen LogP contribution in [0.15, 0.2) is 0 Å². The number of carbonyl (C=O) groups is 2. The van der Waals surface area contributed by atoms with E-state index in [1.807, 2.05) is 13.8 Å². The monoisotopic (exact) mass is 302 g/mol. The van der Waals surface area contributed by atoms with E-state index in [-0.39, 0.29) is 12.1 Å². The lowest BCUT2D eigenvalue weighted by molar-refractivity contribution is -0.148. The Hall–Kier alpha value is -0.910. The van der Waals surface area contributed by atoms with E-state index in [9.17, 15) is 14.7 Å². The van der Waals surface area contributed by atoms with Crippen molar-refractivity contribution in [2.45, 2.75) is 39.2 Å². The first-order chi connectivity index (χ1) is 9.38. The van der Waals surface area contributed by atoms with E-state index in [1.165, 1.54) is 0 Å². The molecule has 1 aliphatic heterocycles. The highest BCUT2D eigenvalue weighted by Gasteiger charge is 2.45. The molecular formula is C14H26N2O3S. The van der Waals surface area contributed by atoms with Crippen LogP contribution in [0.3, 0.4) is 0 Å². The Balaban J connectivity index is 2.63. The van der Waals surface area contributed by atoms with Crippen molar-refractivity contribution in [3.63, 3.8) is 0 Å². The van der Waals surface area contributed by atoms with Crippen LogP contribution < -0.4 is 0 Å². The van der Waals surface area contributed by atoms with Crippen LogP contribution in [0.25, 0.3) is 0 Å². The topological polar surface area (TPSA) is 60.9 Å². The number of carbonyl (C=O) groups excluding carboxylic acids is 1. The highest BCUT2D eigenvalue weighted by molar-refractivity contribution is 7.98. The molecule has 0 aromatic carbocycles. The Kier molecular flexibility index (Phi) is 6.17. The number of likely N-dealkylation sites (tertiary alicyclic amines) is 1. The molecule has 1 heterocycles. The summed E-state index contributed by atoms with van der Waals surface area (Å²) < 4.78 is 0. The van der Waals surface area contributed by atoms with Gasteiger partial charge in [0.2, 0.25) is 0 Å². The van der Waals surface area contributed by atoms with Crippen LogP contribution in [0.2, 0.25) is 0 Å². The molecule has 1 saturated heterocycles. The third-order valence-electron chi connectivity index (χ3n) is 4.46. The maximum absolute atomic E-state index is 12.4. The molecule has 1 fully saturated rings. The van der Waals surface area contributed by atoms with E-state index in [4.69, 9.17) is 0 Å². The first-order valence-electron chi connectivity index (χ1n) is 7.12. The fourth-order valence-corrected chi connectivity index (χ4v) is 3.12. The van der Waals surface area contributed by atoms with E-state index in [0.717, 1.165) is 12.2 Å². The highest BCUT2D eigenvalue weighted by atomic mass is 32.2. The third-order valence-corrected chi connectivity index (χ3v) is 5.10. The Bertz CT molecular complexity index is 364. The minimum atomic E-state index is -0.784. The van der Waals surface area contributed by atoms with E-state index < -0.39 is 11.4 Å². The number of aliphatic carboxylic acids is 1. The number of rotatable bonds is 6. The standard InChI is InChI=1S/C14H26N2O3S/c1-5-14(12(17)18)7-8-16(10-14)13(19)15(3)11(2)6-9-20-4/h11H,5-10H2,1-4H3,(H,17,18). The van der Waals surface area contributed by atoms with Gasteiger partial charge in [-0.05, 0) is 38.2 Å². The van der Waals surface area contributed by atoms with E-state index in [0.29, 0.717) is 25.9 Å². The van der Waals surface area contributed by atoms with Crippen LogP contribution in [0, 0.1) is 5.41 Å². The van der Waals surface area contributed by atoms with Gasteiger partial charge >= 0.3 is 12.0 Å². The fourth-order valence-electron chi connectivity index (χ4n) is 2.54. The number of nitrogens with zero attached hydrogens (tertiary/aromatic N) is 2. The predicted octanol–water partition coefficient (Wildman–Crippen LogP) is 2.37. The van der Waals surface area contributed by atoms with E-state index in [2.05, 4.69) is 6.26 Å². The van der Waals surface area contributed by atoms with Gasteiger partial charge in [0.1, 0.15) is 0 Å². The Morgan fingerprint density at radius 3 is 2.60 bits per heavy atom. The molecule has 0 spiro atoms. The normalized spacial score (nSPS) is 23.7. The number of urea groups is 1. The molecule has 2 unspecified atom stereocenters. The maximum Gasteiger partial charge on any atom is 0.320 e. The van der Waals surface area contributed by atoms with Gasteiger partial charge in [-0.15, -0.1) is 0 Å². The van der Waals surface area contributed by atoms with Gasteiger partial charge in [0.25, 0.3) is 0 Å². The summed E-state index contributed by atoms with van der Waals surface area (Å²) in [5.74, 6) is 0.237. The smallest absolute Gasteiger partial charge is 0.320 e. The van der Waals surface area contributed by atoms with Crippen molar-refractivity contribution in [1.29, 1.82) is 0 Å². The first-order valence-corrected chi connectivity index (χ1v) is 8.51. The summed E-state index contributed by atoms with van der Waals surface area (Å²) in [6.07, 6.45) is 4.13. The van der Waals surface area contributed by atoms with Crippen LogP contribution in [-0.2, 0) is 4.79 Å². The van der Waals surface area contributed by atoms with Gasteiger partial charge in [0.05, 0.1) is 5.41 Å². The average molecular weight is 302 g/mol. The second-order valence-corrected chi connectivity index (χ2v) is 6.62. The lowest BCUT2D eigenvalue weighted by Crippen LogP contribution is -2.45. The Morgan fingerprint density at radius 1 is 1.50 bits per heavy atom. The van der Waals surface area contributed by atoms with Crippen molar-refractivity contribution in [1.82, 2.24) is 9.80 Å². The predicted molar refractivity (Wildman–Crippen MR) is 82.2 cm³/mol. The SMILES string of the molecule is CCC1(C(=O)O)CCN(C(=O)N(C)C(C)CCSC)C1. The zero-order valence-electron chi connectivity index (χ0n) is 12.9. The molecule has 1 N–H and O–H groups in total. The van der Waals surface area contributed by atoms with Gasteiger partial charge in [0.15, 0.2) is 0 Å². The van der Waals surface area contributed by atoms with Crippen LogP contribution in [-0.4, -0.2) is 65.1 Å². The van der Waals surface area contributed by atoms with Crippen molar-refractivity contribution in [3.05, 3.63) is 0 Å². The van der Waals surface area contributed by atoms with Crippen LogP contribution in [0.5, 0.6) is 0 Å². The highest BCUT2D eigenvalue weighted by Crippen LogP contribution is 2.34. The molecule has 0 radical (unpaired) electrons. The molecule has 2 amide bonds. The van der Waals surface area contributed by atoms with Gasteiger partial charge < -0.3 is 14.9 Å². The number of amides is 2. The summed E-state index contributed by atoms with van der Waals surface area (Å²) in [5.41, 5.74) is -0.751. The number of carboxylic acids is 1. The van der Waals surface area contributed by atoms with E-state index >= 15 is 0 Å². The largest absolute Gasteiger partial charge is 0.481 e. The number of thioether (sulfide) groups is 1. The van der Waals surface area contributed by atoms with Gasteiger partial charge in [-0.2, -0.15) is 11.8 Å². The lowest BCUT2D eigenvalue weighted by Gasteiger charge is -2.30. The van der Waals surface area contributed by atoms with Crippen molar-refractivity contribution in [3.8, 4) is 0 Å². The molecule has 0 aromatic heterocycles. The molecule has 20 heavy (non-hydrogen) atoms. The van der Waals surface area contributed by atoms with Crippen LogP contribution in [0.4, 0.5) is 4.79 Å². The second kappa shape index (κ2) is 7.20. The number of carboxylic acid groups (broad SMARTS) is 1. The Morgan fingerprint density at radius 2 is 2.15 bits per heavy atom. The summed E-state index contributed by atoms with van der Waals surface area (Å²) in [7, 11) is 1.81. The molecule has 0 bridgehead atoms. The average Bonchev–Trinajstić information content (AvgIpc) is 2.88. The molecule has 0 saturated carbocycles. The zero-order valence-corrected chi connectivity index (χ0v) is 13.7. The number of hydrogen-bond donors (Lipinski definition) is 1. The van der Waals surface area contributed by atoms with Gasteiger partial charge in [-0.1, -0.05) is 6.92 Å². The molecule has 116 valence electrons. The van der Waals surface area contributed by atoms with Crippen molar-refractivity contribution in [2.24, 2.45) is 5.41 Å². The first kappa shape index (κ1) is 17.1. The molecule has 2 atom stereocenters. The molecule has 1 aliphatic rings. The van der Waals surface area contributed by atoms with Gasteiger partial charge in [-0.25, -0.2) is 4.79 Å². The van der Waals surface area contributed by atoms with Crippen LogP contribution in [0.1, 0.15) is 33.1 Å². The summed E-state index contributed by atoms with van der Waals surface area (Å²) in [6.45, 7) is 4.79. The van der Waals surface area contributed by atoms with Crippen molar-refractivity contribution in [2.75, 3.05) is 32.1 Å². The van der Waals surface area contributed by atoms with Gasteiger partial charge in [-0.3, -0.25) is 4.79 Å². The summed E-state index contributed by atoms with van der Waals surface area (Å²) >= 11 is 1.77. The fraction of sp³-hybridized carbons (Fsp3) is 0.857. The van der Waals surface area contributed by atoms with Crippen molar-refractivity contribution < 1.29 is 14.7 Å². The molecular weight excluding hydrogens is 276 g/mol. The summed E-state index contributed by atoms with van der Waals surface area (Å²) in [6, 6.07) is 0.131. The molecule has 0 aromatic rings. The molecule has 5 nitrogen and oxygen atoms in total. The number of hydrogen-bond acceptors (Lipinski definition) is 3. The molecule has 1 rings (SSSR count). The molecule has 6 heteroatoms. The summed E-state index contributed by atoms with van der Waals surface area (Å²) in [5, 5.41) is 9.37.